The molecule has 0 aliphatic rings. The molecule has 1 aromatic heterocycles. The van der Waals surface area contributed by atoms with E-state index in [9.17, 15) is 9.59 Å². The lowest BCUT2D eigenvalue weighted by molar-refractivity contribution is 0.0496. The topological polar surface area (TPSA) is 80.8 Å². The molecule has 0 fully saturated rings. The number of ether oxygens (including phenoxy) is 2. The number of nitrogens with one attached hydrogen (secondary N) is 1. The standard InChI is InChI=1S/C24H24Cl3N3O4S/c1-24(2,3)28-9-10-34-22(32)19-13-35-23(29-19)30(15-6-8-17(26)20(12-15)33-4)21(31)16-7-5-14(25)11-18(16)27/h5-8,11-13,28H,9-10H2,1-4H3. The van der Waals surface area contributed by atoms with Crippen molar-refractivity contribution in [3.8, 4) is 5.75 Å². The summed E-state index contributed by atoms with van der Waals surface area (Å²) in [6.07, 6.45) is 0. The fraction of sp³-hybridized carbons (Fsp3) is 0.292. The Kier molecular flexibility index (Phi) is 9.01. The second-order valence-corrected chi connectivity index (χ2v) is 10.5. The molecule has 0 saturated heterocycles. The molecule has 0 aliphatic carbocycles. The Balaban J connectivity index is 1.92. The van der Waals surface area contributed by atoms with Crippen LogP contribution < -0.4 is 15.0 Å². The van der Waals surface area contributed by atoms with Crippen molar-refractivity contribution in [1.82, 2.24) is 10.3 Å². The highest BCUT2D eigenvalue weighted by Gasteiger charge is 2.27. The summed E-state index contributed by atoms with van der Waals surface area (Å²) in [7, 11) is 1.47. The van der Waals surface area contributed by atoms with Gasteiger partial charge in [0.15, 0.2) is 10.8 Å². The Morgan fingerprint density at radius 1 is 1.09 bits per heavy atom. The van der Waals surface area contributed by atoms with Gasteiger partial charge < -0.3 is 14.8 Å². The minimum absolute atomic E-state index is 0.0849. The van der Waals surface area contributed by atoms with Crippen molar-refractivity contribution in [1.29, 1.82) is 0 Å². The molecule has 0 bridgehead atoms. The molecule has 35 heavy (non-hydrogen) atoms. The van der Waals surface area contributed by atoms with Crippen LogP contribution in [-0.4, -0.2) is 42.7 Å². The Morgan fingerprint density at radius 3 is 2.49 bits per heavy atom. The van der Waals surface area contributed by atoms with Gasteiger partial charge in [0.05, 0.1) is 28.4 Å². The summed E-state index contributed by atoms with van der Waals surface area (Å²) < 4.78 is 10.6. The van der Waals surface area contributed by atoms with E-state index in [4.69, 9.17) is 44.3 Å². The van der Waals surface area contributed by atoms with Crippen molar-refractivity contribution in [2.24, 2.45) is 0 Å². The highest BCUT2D eigenvalue weighted by molar-refractivity contribution is 7.14. The van der Waals surface area contributed by atoms with E-state index in [2.05, 4.69) is 10.3 Å². The first kappa shape index (κ1) is 27.2. The number of hydrogen-bond donors (Lipinski definition) is 1. The summed E-state index contributed by atoms with van der Waals surface area (Å²) in [6, 6.07) is 9.42. The number of halogens is 3. The molecular weight excluding hydrogens is 533 g/mol. The summed E-state index contributed by atoms with van der Waals surface area (Å²) in [5.41, 5.74) is 0.620. The lowest BCUT2D eigenvalue weighted by Gasteiger charge is -2.21. The number of anilines is 2. The average Bonchev–Trinajstić information content (AvgIpc) is 3.27. The molecule has 1 amide bonds. The molecule has 186 valence electrons. The Morgan fingerprint density at radius 2 is 1.83 bits per heavy atom. The van der Waals surface area contributed by atoms with Crippen molar-refractivity contribution in [2.45, 2.75) is 26.3 Å². The van der Waals surface area contributed by atoms with Crippen LogP contribution in [0.1, 0.15) is 41.6 Å². The van der Waals surface area contributed by atoms with Gasteiger partial charge in [-0.15, -0.1) is 11.3 Å². The van der Waals surface area contributed by atoms with Crippen molar-refractivity contribution in [2.75, 3.05) is 25.2 Å². The molecule has 0 aliphatic heterocycles. The number of nitrogens with zero attached hydrogens (tertiary/aromatic N) is 2. The van der Waals surface area contributed by atoms with E-state index >= 15 is 0 Å². The Hall–Kier alpha value is -2.36. The lowest BCUT2D eigenvalue weighted by atomic mass is 10.1. The van der Waals surface area contributed by atoms with Crippen molar-refractivity contribution < 1.29 is 19.1 Å². The van der Waals surface area contributed by atoms with Gasteiger partial charge in [-0.3, -0.25) is 9.69 Å². The highest BCUT2D eigenvalue weighted by atomic mass is 35.5. The van der Waals surface area contributed by atoms with E-state index in [-0.39, 0.29) is 33.6 Å². The highest BCUT2D eigenvalue weighted by Crippen LogP contribution is 2.36. The van der Waals surface area contributed by atoms with Gasteiger partial charge >= 0.3 is 5.97 Å². The number of esters is 1. The van der Waals surface area contributed by atoms with Crippen molar-refractivity contribution in [3.63, 3.8) is 0 Å². The van der Waals surface area contributed by atoms with Gasteiger partial charge in [-0.2, -0.15) is 0 Å². The summed E-state index contributed by atoms with van der Waals surface area (Å²) >= 11 is 19.6. The predicted octanol–water partition coefficient (Wildman–Crippen LogP) is 6.64. The van der Waals surface area contributed by atoms with Gasteiger partial charge in [0.25, 0.3) is 5.91 Å². The predicted molar refractivity (Wildman–Crippen MR) is 141 cm³/mol. The molecule has 1 N–H and O–H groups in total. The van der Waals surface area contributed by atoms with Crippen LogP contribution in [0.4, 0.5) is 10.8 Å². The lowest BCUT2D eigenvalue weighted by Crippen LogP contribution is -2.38. The number of carbonyl (C=O) groups is 2. The number of thiazole rings is 1. The number of aromatic nitrogens is 1. The smallest absolute Gasteiger partial charge is 0.357 e. The van der Waals surface area contributed by atoms with Crippen LogP contribution >= 0.6 is 46.1 Å². The van der Waals surface area contributed by atoms with Crippen LogP contribution in [0.3, 0.4) is 0 Å². The fourth-order valence-corrected chi connectivity index (χ4v) is 4.48. The SMILES string of the molecule is COc1cc(N(C(=O)c2ccc(Cl)cc2Cl)c2nc(C(=O)OCCNC(C)(C)C)cs2)ccc1Cl. The third-order valence-corrected chi connectivity index (χ3v) is 6.33. The Labute approximate surface area is 222 Å². The van der Waals surface area contributed by atoms with E-state index in [0.717, 1.165) is 11.3 Å². The molecule has 0 radical (unpaired) electrons. The molecule has 3 aromatic rings. The number of benzene rings is 2. The van der Waals surface area contributed by atoms with Crippen LogP contribution in [0.25, 0.3) is 0 Å². The number of carbonyl (C=O) groups excluding carboxylic acids is 2. The molecule has 0 saturated carbocycles. The van der Waals surface area contributed by atoms with Gasteiger partial charge in [-0.25, -0.2) is 9.78 Å². The minimum atomic E-state index is -0.589. The molecule has 11 heteroatoms. The first-order valence-electron chi connectivity index (χ1n) is 10.5. The summed E-state index contributed by atoms with van der Waals surface area (Å²) in [5.74, 6) is -0.694. The minimum Gasteiger partial charge on any atom is -0.495 e. The average molecular weight is 557 g/mol. The Bertz CT molecular complexity index is 1230. The normalized spacial score (nSPS) is 11.3. The number of amides is 1. The number of hydrogen-bond acceptors (Lipinski definition) is 7. The number of rotatable bonds is 8. The molecule has 0 unspecified atom stereocenters. The maximum absolute atomic E-state index is 13.6. The zero-order chi connectivity index (χ0) is 25.8. The van der Waals surface area contributed by atoms with E-state index in [0.29, 0.717) is 28.0 Å². The van der Waals surface area contributed by atoms with Crippen LogP contribution in [0.2, 0.25) is 15.1 Å². The second kappa shape index (κ2) is 11.6. The third-order valence-electron chi connectivity index (χ3n) is 4.64. The quantitative estimate of drug-likeness (QED) is 0.248. The number of methoxy groups -OCH3 is 1. The van der Waals surface area contributed by atoms with E-state index in [1.165, 1.54) is 29.5 Å². The maximum Gasteiger partial charge on any atom is 0.357 e. The van der Waals surface area contributed by atoms with Crippen LogP contribution in [-0.2, 0) is 4.74 Å². The van der Waals surface area contributed by atoms with E-state index < -0.39 is 11.9 Å². The first-order valence-corrected chi connectivity index (χ1v) is 12.5. The largest absolute Gasteiger partial charge is 0.495 e. The molecule has 3 rings (SSSR count). The summed E-state index contributed by atoms with van der Waals surface area (Å²) in [4.78, 5) is 31.9. The van der Waals surface area contributed by atoms with Crippen LogP contribution in [0, 0.1) is 0 Å². The van der Waals surface area contributed by atoms with Gasteiger partial charge in [0.1, 0.15) is 12.4 Å². The molecule has 7 nitrogen and oxygen atoms in total. The van der Waals surface area contributed by atoms with Crippen molar-refractivity contribution >= 4 is 68.8 Å². The molecule has 0 atom stereocenters. The summed E-state index contributed by atoms with van der Waals surface area (Å²) in [5, 5.41) is 5.96. The van der Waals surface area contributed by atoms with Gasteiger partial charge in [-0.05, 0) is 51.1 Å². The van der Waals surface area contributed by atoms with Crippen LogP contribution in [0.15, 0.2) is 41.8 Å². The van der Waals surface area contributed by atoms with Gasteiger partial charge in [0.2, 0.25) is 0 Å². The second-order valence-electron chi connectivity index (χ2n) is 8.41. The zero-order valence-electron chi connectivity index (χ0n) is 19.5. The molecular formula is C24H24Cl3N3O4S. The maximum atomic E-state index is 13.6. The van der Waals surface area contributed by atoms with Crippen molar-refractivity contribution in [3.05, 3.63) is 68.1 Å². The molecule has 1 heterocycles. The van der Waals surface area contributed by atoms with Crippen LogP contribution in [0.5, 0.6) is 5.75 Å². The third kappa shape index (κ3) is 7.08. The van der Waals surface area contributed by atoms with E-state index in [1.54, 1.807) is 24.3 Å². The van der Waals surface area contributed by atoms with Gasteiger partial charge in [-0.1, -0.05) is 34.8 Å². The fourth-order valence-electron chi connectivity index (χ4n) is 2.99. The van der Waals surface area contributed by atoms with Gasteiger partial charge in [0, 0.05) is 28.6 Å². The zero-order valence-corrected chi connectivity index (χ0v) is 22.6. The van der Waals surface area contributed by atoms with E-state index in [1.807, 2.05) is 20.8 Å². The first-order chi connectivity index (χ1) is 16.5. The monoisotopic (exact) mass is 555 g/mol. The molecule has 2 aromatic carbocycles. The summed E-state index contributed by atoms with van der Waals surface area (Å²) in [6.45, 7) is 6.74. The molecule has 0 spiro atoms.